The molecule has 1 fully saturated rings. The first kappa shape index (κ1) is 46.1. The fourth-order valence-electron chi connectivity index (χ4n) is 7.22. The molecule has 0 radical (unpaired) electrons. The van der Waals surface area contributed by atoms with Crippen molar-refractivity contribution >= 4 is 46.2 Å². The summed E-state index contributed by atoms with van der Waals surface area (Å²) in [5, 5.41) is 9.41. The molecule has 6 aromatic rings. The first-order chi connectivity index (χ1) is 29.9. The van der Waals surface area contributed by atoms with Crippen molar-refractivity contribution in [2.75, 3.05) is 33.0 Å². The lowest BCUT2D eigenvalue weighted by molar-refractivity contribution is -0.161. The number of fused-ring (bicyclic) bond motifs is 2. The molecular weight excluding hydrogens is 845 g/mol. The Morgan fingerprint density at radius 1 is 0.726 bits per heavy atom. The fourth-order valence-corrected chi connectivity index (χ4v) is 7.61. The maximum absolute atomic E-state index is 14.4. The third kappa shape index (κ3) is 10.9. The molecule has 62 heavy (non-hydrogen) atoms. The van der Waals surface area contributed by atoms with Crippen molar-refractivity contribution in [1.29, 1.82) is 0 Å². The molecule has 1 saturated heterocycles. The molecule has 15 heteroatoms. The van der Waals surface area contributed by atoms with Crippen molar-refractivity contribution in [1.82, 2.24) is 8.80 Å². The van der Waals surface area contributed by atoms with Gasteiger partial charge in [-0.1, -0.05) is 59.6 Å². The smallest absolute Gasteiger partial charge is 0.343 e. The summed E-state index contributed by atoms with van der Waals surface area (Å²) in [5.74, 6) is -2.38. The maximum Gasteiger partial charge on any atom is 0.343 e. The summed E-state index contributed by atoms with van der Waals surface area (Å²) in [4.78, 5) is 50.6. The third-order valence-electron chi connectivity index (χ3n) is 10.3. The number of pyridine rings is 4. The number of halogens is 4. The van der Waals surface area contributed by atoms with Crippen molar-refractivity contribution in [3.63, 3.8) is 0 Å². The highest BCUT2D eigenvalue weighted by Crippen LogP contribution is 2.24. The van der Waals surface area contributed by atoms with E-state index in [4.69, 9.17) is 42.1 Å². The lowest BCUT2D eigenvalue weighted by atomic mass is 10.0. The molecule has 0 aliphatic carbocycles. The summed E-state index contributed by atoms with van der Waals surface area (Å²) in [7, 11) is 0. The van der Waals surface area contributed by atoms with Crippen LogP contribution in [-0.4, -0.2) is 65.2 Å². The standard InChI is InChI=1S/C26H27ClFNO5.C21H19ClFNO4/c1-2-32-26(31)20-15-18(11-13-34-23-8-3-4-12-33-23)22-10-9-17(16-29(22)25(20)30)14-19-6-5-7-21(27)24(19)28;1-2-28-21(27)16-11-14(8-9-25)18-7-6-13(12-24(18)20(16)26)10-15-4-3-5-17(22)19(15)23/h5-7,9-10,15-16,23H,2-4,8,11-14H2,1H3;3-7,11-12,25H,2,8-10H2,1H3. The molecule has 1 aliphatic heterocycles. The lowest BCUT2D eigenvalue weighted by Gasteiger charge is -2.22. The van der Waals surface area contributed by atoms with Crippen LogP contribution in [0.25, 0.3) is 11.0 Å². The number of esters is 2. The lowest BCUT2D eigenvalue weighted by Crippen LogP contribution is -2.26. The van der Waals surface area contributed by atoms with Gasteiger partial charge in [-0.05, 0) is 116 Å². The van der Waals surface area contributed by atoms with E-state index in [2.05, 4.69) is 0 Å². The summed E-state index contributed by atoms with van der Waals surface area (Å²) in [6.07, 6.45) is 7.17. The summed E-state index contributed by atoms with van der Waals surface area (Å²) >= 11 is 11.7. The van der Waals surface area contributed by atoms with E-state index in [0.717, 1.165) is 24.8 Å². The highest BCUT2D eigenvalue weighted by molar-refractivity contribution is 6.31. The second kappa shape index (κ2) is 21.6. The van der Waals surface area contributed by atoms with E-state index in [9.17, 15) is 33.1 Å². The van der Waals surface area contributed by atoms with Crippen LogP contribution in [0, 0.1) is 11.6 Å². The summed E-state index contributed by atoms with van der Waals surface area (Å²) in [5.41, 5.74) is 3.68. The van der Waals surface area contributed by atoms with E-state index >= 15 is 0 Å². The van der Waals surface area contributed by atoms with Gasteiger partial charge in [-0.3, -0.25) is 18.4 Å². The van der Waals surface area contributed by atoms with E-state index in [1.165, 1.54) is 27.0 Å². The van der Waals surface area contributed by atoms with Gasteiger partial charge in [0, 0.05) is 38.4 Å². The van der Waals surface area contributed by atoms with Crippen LogP contribution in [0.5, 0.6) is 0 Å². The summed E-state index contributed by atoms with van der Waals surface area (Å²) in [6, 6.07) is 19.8. The van der Waals surface area contributed by atoms with Gasteiger partial charge in [0.15, 0.2) is 6.29 Å². The van der Waals surface area contributed by atoms with E-state index < -0.39 is 34.7 Å². The van der Waals surface area contributed by atoms with Gasteiger partial charge in [-0.25, -0.2) is 18.4 Å². The highest BCUT2D eigenvalue weighted by atomic mass is 35.5. The van der Waals surface area contributed by atoms with Gasteiger partial charge in [0.1, 0.15) is 22.8 Å². The topological polar surface area (TPSA) is 134 Å². The van der Waals surface area contributed by atoms with Crippen molar-refractivity contribution < 1.29 is 42.4 Å². The minimum atomic E-state index is -0.715. The van der Waals surface area contributed by atoms with Crippen LogP contribution in [0.4, 0.5) is 8.78 Å². The van der Waals surface area contributed by atoms with Gasteiger partial charge in [-0.15, -0.1) is 0 Å². The molecule has 1 aliphatic rings. The number of aromatic nitrogens is 2. The Morgan fingerprint density at radius 3 is 1.68 bits per heavy atom. The SMILES string of the molecule is CCOC(=O)c1cc(CCO)c2ccc(Cc3cccc(Cl)c3F)cn2c1=O.CCOC(=O)c1cc(CCOC2CCCCO2)c2ccc(Cc3cccc(Cl)c3F)cn2c1=O. The largest absolute Gasteiger partial charge is 0.462 e. The molecule has 5 heterocycles. The number of hydrogen-bond donors (Lipinski definition) is 1. The number of benzene rings is 2. The average molecular weight is 892 g/mol. The fraction of sp³-hybridized carbons (Fsp3) is 0.319. The van der Waals surface area contributed by atoms with E-state index in [-0.39, 0.29) is 66.5 Å². The number of carbonyl (C=O) groups excluding carboxylic acids is 2. The zero-order chi connectivity index (χ0) is 44.3. The number of rotatable bonds is 14. The molecule has 326 valence electrons. The first-order valence-corrected chi connectivity index (χ1v) is 21.1. The normalized spacial score (nSPS) is 13.8. The molecule has 1 unspecified atom stereocenters. The molecule has 0 amide bonds. The molecule has 2 aromatic carbocycles. The molecule has 1 N–H and O–H groups in total. The van der Waals surface area contributed by atoms with E-state index in [0.29, 0.717) is 58.5 Å². The van der Waals surface area contributed by atoms with Crippen molar-refractivity contribution in [2.24, 2.45) is 0 Å². The third-order valence-corrected chi connectivity index (χ3v) is 10.8. The minimum absolute atomic E-state index is 0.0327. The number of aliphatic hydroxyl groups is 1. The Hall–Kier alpha value is -5.44. The van der Waals surface area contributed by atoms with Crippen LogP contribution in [0.1, 0.15) is 87.2 Å². The number of hydrogen-bond acceptors (Lipinski definition) is 9. The Labute approximate surface area is 366 Å². The highest BCUT2D eigenvalue weighted by Gasteiger charge is 2.20. The predicted octanol–water partition coefficient (Wildman–Crippen LogP) is 8.34. The Morgan fingerprint density at radius 2 is 1.23 bits per heavy atom. The first-order valence-electron chi connectivity index (χ1n) is 20.3. The number of ether oxygens (including phenoxy) is 4. The molecular formula is C47H46Cl2F2N2O9. The van der Waals surface area contributed by atoms with Crippen molar-refractivity contribution in [3.8, 4) is 0 Å². The zero-order valence-corrected chi connectivity index (χ0v) is 35.8. The van der Waals surface area contributed by atoms with Crippen molar-refractivity contribution in [3.05, 3.63) is 172 Å². The second-order valence-electron chi connectivity index (χ2n) is 14.5. The summed E-state index contributed by atoms with van der Waals surface area (Å²) in [6.45, 7) is 4.59. The average Bonchev–Trinajstić information content (AvgIpc) is 3.27. The zero-order valence-electron chi connectivity index (χ0n) is 34.3. The molecule has 11 nitrogen and oxygen atoms in total. The number of carbonyl (C=O) groups is 2. The Kier molecular flexibility index (Phi) is 16.0. The van der Waals surface area contributed by atoms with E-state index in [1.54, 1.807) is 74.8 Å². The van der Waals surface area contributed by atoms with Gasteiger partial charge >= 0.3 is 11.9 Å². The van der Waals surface area contributed by atoms with Crippen LogP contribution in [-0.2, 0) is 44.6 Å². The van der Waals surface area contributed by atoms with E-state index in [1.807, 2.05) is 6.07 Å². The van der Waals surface area contributed by atoms with Crippen LogP contribution in [0.2, 0.25) is 10.0 Å². The predicted molar refractivity (Wildman–Crippen MR) is 232 cm³/mol. The second-order valence-corrected chi connectivity index (χ2v) is 15.3. The number of aliphatic hydroxyl groups excluding tert-OH is 1. The molecule has 1 atom stereocenters. The van der Waals surface area contributed by atoms with Gasteiger partial charge in [-0.2, -0.15) is 0 Å². The molecule has 0 spiro atoms. The molecule has 0 bridgehead atoms. The van der Waals surface area contributed by atoms with Crippen molar-refractivity contribution in [2.45, 2.75) is 65.1 Å². The van der Waals surface area contributed by atoms with Crippen LogP contribution in [0.3, 0.4) is 0 Å². The Bertz CT molecular complexity index is 2700. The molecule has 7 rings (SSSR count). The number of nitrogens with zero attached hydrogens (tertiary/aromatic N) is 2. The molecule has 4 aromatic heterocycles. The van der Waals surface area contributed by atoms with Gasteiger partial charge < -0.3 is 24.1 Å². The maximum atomic E-state index is 14.4. The molecule has 0 saturated carbocycles. The summed E-state index contributed by atoms with van der Waals surface area (Å²) < 4.78 is 52.9. The monoisotopic (exact) mass is 890 g/mol. The Balaban J connectivity index is 0.000000211. The van der Waals surface area contributed by atoms with Gasteiger partial charge in [0.2, 0.25) is 0 Å². The quantitative estimate of drug-likeness (QED) is 0.107. The minimum Gasteiger partial charge on any atom is -0.462 e. The van der Waals surface area contributed by atoms with Crippen LogP contribution < -0.4 is 11.1 Å². The van der Waals surface area contributed by atoms with Gasteiger partial charge in [0.05, 0.1) is 40.9 Å². The van der Waals surface area contributed by atoms with Crippen LogP contribution >= 0.6 is 23.2 Å². The van der Waals surface area contributed by atoms with Gasteiger partial charge in [0.25, 0.3) is 11.1 Å². The van der Waals surface area contributed by atoms with Crippen LogP contribution in [0.15, 0.2) is 94.8 Å².